The van der Waals surface area contributed by atoms with Crippen molar-refractivity contribution >= 4 is 17.3 Å². The maximum Gasteiger partial charge on any atom is 0.262 e. The van der Waals surface area contributed by atoms with E-state index < -0.39 is 11.6 Å². The number of hydrogen-bond donors (Lipinski definition) is 1. The van der Waals surface area contributed by atoms with Gasteiger partial charge in [0.2, 0.25) is 0 Å². The summed E-state index contributed by atoms with van der Waals surface area (Å²) in [5.74, 6) is -0.818. The molecule has 3 rings (SSSR count). The lowest BCUT2D eigenvalue weighted by molar-refractivity contribution is -0.118. The Hall–Kier alpha value is -2.63. The van der Waals surface area contributed by atoms with Gasteiger partial charge >= 0.3 is 0 Å². The van der Waals surface area contributed by atoms with E-state index in [9.17, 15) is 13.6 Å². The molecule has 1 N–H and O–H groups in total. The van der Waals surface area contributed by atoms with Crippen LogP contribution in [0.3, 0.4) is 0 Å². The van der Waals surface area contributed by atoms with Crippen molar-refractivity contribution in [1.82, 2.24) is 0 Å². The second kappa shape index (κ2) is 5.63. The van der Waals surface area contributed by atoms with Gasteiger partial charge in [0.25, 0.3) is 5.91 Å². The van der Waals surface area contributed by atoms with Gasteiger partial charge in [0, 0.05) is 19.7 Å². The number of rotatable bonds is 3. The maximum atomic E-state index is 13.8. The molecule has 1 heterocycles. The van der Waals surface area contributed by atoms with Gasteiger partial charge in [0.1, 0.15) is 17.4 Å². The van der Waals surface area contributed by atoms with Crippen LogP contribution in [0, 0.1) is 11.6 Å². The topological polar surface area (TPSA) is 41.6 Å². The molecule has 0 unspecified atom stereocenters. The van der Waals surface area contributed by atoms with Crippen molar-refractivity contribution in [3.05, 3.63) is 53.6 Å². The van der Waals surface area contributed by atoms with Crippen molar-refractivity contribution in [3.8, 4) is 5.75 Å². The van der Waals surface area contributed by atoms with Crippen molar-refractivity contribution in [2.45, 2.75) is 6.54 Å². The van der Waals surface area contributed by atoms with Crippen molar-refractivity contribution in [2.24, 2.45) is 0 Å². The molecule has 0 spiro atoms. The molecule has 2 aromatic rings. The minimum Gasteiger partial charge on any atom is -0.482 e. The van der Waals surface area contributed by atoms with Gasteiger partial charge in [-0.2, -0.15) is 0 Å². The highest BCUT2D eigenvalue weighted by atomic mass is 19.1. The van der Waals surface area contributed by atoms with E-state index in [2.05, 4.69) is 5.32 Å². The van der Waals surface area contributed by atoms with Gasteiger partial charge in [-0.3, -0.25) is 4.79 Å². The Morgan fingerprint density at radius 2 is 2.05 bits per heavy atom. The first-order valence-electron chi connectivity index (χ1n) is 6.75. The quantitative estimate of drug-likeness (QED) is 0.948. The van der Waals surface area contributed by atoms with Gasteiger partial charge in [0.05, 0.1) is 11.4 Å². The number of fused-ring (bicyclic) bond motifs is 1. The summed E-state index contributed by atoms with van der Waals surface area (Å²) in [6.45, 7) is 0.415. The van der Waals surface area contributed by atoms with Crippen LogP contribution in [-0.2, 0) is 11.3 Å². The summed E-state index contributed by atoms with van der Waals surface area (Å²) < 4.78 is 32.0. The first kappa shape index (κ1) is 14.3. The standard InChI is InChI=1S/C16H14F2N2O2/c1-20(14-4-3-11(17)7-12(14)18)8-10-2-5-15-13(6-10)19-16(21)9-22-15/h2-7H,8-9H2,1H3,(H,19,21). The maximum absolute atomic E-state index is 13.8. The summed E-state index contributed by atoms with van der Waals surface area (Å²) in [6.07, 6.45) is 0. The fourth-order valence-corrected chi connectivity index (χ4v) is 2.38. The number of ether oxygens (including phenoxy) is 1. The number of nitrogens with zero attached hydrogens (tertiary/aromatic N) is 1. The second-order valence-electron chi connectivity index (χ2n) is 5.12. The van der Waals surface area contributed by atoms with Crippen molar-refractivity contribution in [2.75, 3.05) is 23.9 Å². The average Bonchev–Trinajstić information content (AvgIpc) is 2.46. The number of anilines is 2. The number of nitrogens with one attached hydrogen (secondary N) is 1. The molecule has 0 saturated carbocycles. The first-order chi connectivity index (χ1) is 10.5. The minimum atomic E-state index is -0.614. The molecule has 0 radical (unpaired) electrons. The molecule has 0 saturated heterocycles. The second-order valence-corrected chi connectivity index (χ2v) is 5.12. The molecule has 1 aliphatic rings. The van der Waals surface area contributed by atoms with Crippen LogP contribution in [0.2, 0.25) is 0 Å². The van der Waals surface area contributed by atoms with Crippen LogP contribution >= 0.6 is 0 Å². The monoisotopic (exact) mass is 304 g/mol. The fraction of sp³-hybridized carbons (Fsp3) is 0.188. The Balaban J connectivity index is 1.80. The highest BCUT2D eigenvalue weighted by molar-refractivity contribution is 5.95. The molecular weight excluding hydrogens is 290 g/mol. The predicted molar refractivity (Wildman–Crippen MR) is 79.0 cm³/mol. The van der Waals surface area contributed by atoms with E-state index in [-0.39, 0.29) is 12.5 Å². The molecule has 0 atom stereocenters. The molecule has 0 fully saturated rings. The third-order valence-electron chi connectivity index (χ3n) is 3.42. The number of hydrogen-bond acceptors (Lipinski definition) is 3. The van der Waals surface area contributed by atoms with Crippen LogP contribution in [0.25, 0.3) is 0 Å². The first-order valence-corrected chi connectivity index (χ1v) is 6.75. The summed E-state index contributed by atoms with van der Waals surface area (Å²) in [6, 6.07) is 8.86. The molecule has 6 heteroatoms. The summed E-state index contributed by atoms with van der Waals surface area (Å²) in [5.41, 5.74) is 1.77. The SMILES string of the molecule is CN(Cc1ccc2c(c1)NC(=O)CO2)c1ccc(F)cc1F. The van der Waals surface area contributed by atoms with Crippen LogP contribution in [0.4, 0.5) is 20.2 Å². The minimum absolute atomic E-state index is 0.00698. The van der Waals surface area contributed by atoms with E-state index in [0.29, 0.717) is 23.7 Å². The summed E-state index contributed by atoms with van der Waals surface area (Å²) in [5, 5.41) is 2.73. The van der Waals surface area contributed by atoms with E-state index in [4.69, 9.17) is 4.74 Å². The van der Waals surface area contributed by atoms with Crippen molar-refractivity contribution < 1.29 is 18.3 Å². The van der Waals surface area contributed by atoms with Gasteiger partial charge in [-0.25, -0.2) is 8.78 Å². The molecule has 0 aromatic heterocycles. The zero-order chi connectivity index (χ0) is 15.7. The molecule has 4 nitrogen and oxygen atoms in total. The van der Waals surface area contributed by atoms with E-state index in [1.165, 1.54) is 12.1 Å². The average molecular weight is 304 g/mol. The van der Waals surface area contributed by atoms with Gasteiger partial charge < -0.3 is 15.0 Å². The normalized spacial score (nSPS) is 13.1. The molecular formula is C16H14F2N2O2. The van der Waals surface area contributed by atoms with Gasteiger partial charge in [-0.1, -0.05) is 6.07 Å². The summed E-state index contributed by atoms with van der Waals surface area (Å²) in [7, 11) is 1.71. The Labute approximate surface area is 126 Å². The molecule has 0 aliphatic carbocycles. The fourth-order valence-electron chi connectivity index (χ4n) is 2.38. The number of halogens is 2. The number of carbonyl (C=O) groups excluding carboxylic acids is 1. The van der Waals surface area contributed by atoms with Crippen molar-refractivity contribution in [3.63, 3.8) is 0 Å². The lowest BCUT2D eigenvalue weighted by atomic mass is 10.1. The van der Waals surface area contributed by atoms with Gasteiger partial charge in [-0.05, 0) is 29.8 Å². The number of amides is 1. The Morgan fingerprint density at radius 1 is 1.23 bits per heavy atom. The van der Waals surface area contributed by atoms with E-state index >= 15 is 0 Å². The largest absolute Gasteiger partial charge is 0.482 e. The zero-order valence-corrected chi connectivity index (χ0v) is 11.9. The lowest BCUT2D eigenvalue weighted by Gasteiger charge is -2.22. The van der Waals surface area contributed by atoms with Crippen molar-refractivity contribution in [1.29, 1.82) is 0 Å². The Morgan fingerprint density at radius 3 is 2.82 bits per heavy atom. The number of carbonyl (C=O) groups is 1. The van der Waals surface area contributed by atoms with Crippen LogP contribution in [0.1, 0.15) is 5.56 Å². The highest BCUT2D eigenvalue weighted by Gasteiger charge is 2.16. The highest BCUT2D eigenvalue weighted by Crippen LogP contribution is 2.29. The zero-order valence-electron chi connectivity index (χ0n) is 11.9. The smallest absolute Gasteiger partial charge is 0.262 e. The molecule has 0 bridgehead atoms. The van der Waals surface area contributed by atoms with E-state index in [0.717, 1.165) is 11.6 Å². The molecule has 1 aliphatic heterocycles. The van der Waals surface area contributed by atoms with Gasteiger partial charge in [0.15, 0.2) is 6.61 Å². The Bertz CT molecular complexity index is 734. The third kappa shape index (κ3) is 2.86. The van der Waals surface area contributed by atoms with E-state index in [1.54, 1.807) is 24.1 Å². The summed E-state index contributed by atoms with van der Waals surface area (Å²) in [4.78, 5) is 13.0. The third-order valence-corrected chi connectivity index (χ3v) is 3.42. The van der Waals surface area contributed by atoms with Crippen LogP contribution in [0.15, 0.2) is 36.4 Å². The Kier molecular flexibility index (Phi) is 3.66. The molecule has 114 valence electrons. The predicted octanol–water partition coefficient (Wildman–Crippen LogP) is 2.93. The van der Waals surface area contributed by atoms with E-state index in [1.807, 2.05) is 6.07 Å². The molecule has 1 amide bonds. The van der Waals surface area contributed by atoms with Gasteiger partial charge in [-0.15, -0.1) is 0 Å². The molecule has 22 heavy (non-hydrogen) atoms. The molecule has 2 aromatic carbocycles. The lowest BCUT2D eigenvalue weighted by Crippen LogP contribution is -2.25. The van der Waals surface area contributed by atoms with Crippen LogP contribution in [-0.4, -0.2) is 19.6 Å². The van der Waals surface area contributed by atoms with Crippen LogP contribution in [0.5, 0.6) is 5.75 Å². The summed E-state index contributed by atoms with van der Waals surface area (Å²) >= 11 is 0. The van der Waals surface area contributed by atoms with Crippen LogP contribution < -0.4 is 15.0 Å². The number of benzene rings is 2.